The fourth-order valence-corrected chi connectivity index (χ4v) is 3.72. The Balaban J connectivity index is 1.51. The van der Waals surface area contributed by atoms with Crippen molar-refractivity contribution in [2.24, 2.45) is 0 Å². The first kappa shape index (κ1) is 18.2. The first-order valence-electron chi connectivity index (χ1n) is 9.74. The Bertz CT molecular complexity index is 1580. The summed E-state index contributed by atoms with van der Waals surface area (Å²) in [7, 11) is 1.50. The lowest BCUT2D eigenvalue weighted by atomic mass is 10.1. The lowest BCUT2D eigenvalue weighted by molar-refractivity contribution is 0.411. The van der Waals surface area contributed by atoms with Crippen molar-refractivity contribution in [1.29, 1.82) is 0 Å². The van der Waals surface area contributed by atoms with Crippen LogP contribution < -0.4 is 4.74 Å². The molecule has 6 aromatic rings. The second kappa shape index (κ2) is 6.98. The topological polar surface area (TPSA) is 121 Å². The summed E-state index contributed by atoms with van der Waals surface area (Å²) in [5.41, 5.74) is 6.18. The number of rotatable bonds is 4. The van der Waals surface area contributed by atoms with Crippen LogP contribution in [0.1, 0.15) is 0 Å². The number of nitrogens with one attached hydrogen (secondary N) is 3. The summed E-state index contributed by atoms with van der Waals surface area (Å²) in [6, 6.07) is 10.1. The minimum atomic E-state index is -0.390. The number of aromatic nitrogens is 8. The average molecular weight is 426 g/mol. The van der Waals surface area contributed by atoms with E-state index in [0.717, 1.165) is 22.3 Å². The van der Waals surface area contributed by atoms with Crippen LogP contribution in [0.2, 0.25) is 0 Å². The van der Waals surface area contributed by atoms with Gasteiger partial charge in [-0.3, -0.25) is 10.2 Å². The molecule has 0 radical (unpaired) electrons. The van der Waals surface area contributed by atoms with Gasteiger partial charge in [0.05, 0.1) is 30.0 Å². The van der Waals surface area contributed by atoms with Gasteiger partial charge in [-0.05, 0) is 35.9 Å². The highest BCUT2D eigenvalue weighted by Crippen LogP contribution is 2.32. The molecule has 0 aliphatic carbocycles. The third-order valence-electron chi connectivity index (χ3n) is 5.24. The maximum atomic E-state index is 14.1. The number of nitrogens with zero attached hydrogens (tertiary/aromatic N) is 5. The lowest BCUT2D eigenvalue weighted by Gasteiger charge is -2.06. The highest BCUT2D eigenvalue weighted by atomic mass is 19.1. The summed E-state index contributed by atoms with van der Waals surface area (Å²) >= 11 is 0. The molecule has 0 fully saturated rings. The fraction of sp³-hybridized carbons (Fsp3) is 0.0455. The molecule has 10 heteroatoms. The number of benzene rings is 1. The van der Waals surface area contributed by atoms with E-state index in [1.165, 1.54) is 19.2 Å². The van der Waals surface area contributed by atoms with Crippen molar-refractivity contribution in [2.75, 3.05) is 7.11 Å². The smallest absolute Gasteiger partial charge is 0.178 e. The molecule has 0 saturated heterocycles. The molecule has 0 amide bonds. The summed E-state index contributed by atoms with van der Waals surface area (Å²) in [4.78, 5) is 17.0. The van der Waals surface area contributed by atoms with E-state index in [9.17, 15) is 4.39 Å². The van der Waals surface area contributed by atoms with Crippen molar-refractivity contribution in [3.8, 4) is 39.7 Å². The van der Waals surface area contributed by atoms with Crippen LogP contribution in [0.5, 0.6) is 5.75 Å². The molecule has 0 aliphatic rings. The summed E-state index contributed by atoms with van der Waals surface area (Å²) in [6.07, 6.45) is 5.12. The van der Waals surface area contributed by atoms with Crippen molar-refractivity contribution < 1.29 is 9.13 Å². The minimum absolute atomic E-state index is 0.390. The van der Waals surface area contributed by atoms with Crippen molar-refractivity contribution >= 4 is 22.2 Å². The first-order valence-corrected chi connectivity index (χ1v) is 9.74. The van der Waals surface area contributed by atoms with Gasteiger partial charge >= 0.3 is 0 Å². The maximum absolute atomic E-state index is 14.1. The van der Waals surface area contributed by atoms with Crippen molar-refractivity contribution in [1.82, 2.24) is 40.3 Å². The predicted octanol–water partition coefficient (Wildman–Crippen LogP) is 4.10. The van der Waals surface area contributed by atoms with E-state index >= 15 is 0 Å². The number of methoxy groups -OCH3 is 1. The quantitative estimate of drug-likeness (QED) is 0.390. The summed E-state index contributed by atoms with van der Waals surface area (Å²) in [6.45, 7) is 0. The lowest BCUT2D eigenvalue weighted by Crippen LogP contribution is -1.88. The third kappa shape index (κ3) is 2.88. The number of hydrogen-bond acceptors (Lipinski definition) is 6. The Labute approximate surface area is 179 Å². The van der Waals surface area contributed by atoms with Gasteiger partial charge in [0.1, 0.15) is 17.1 Å². The SMILES string of the molecule is COc1cc(F)cc(-c2ccnc3nc(-c4n[nH]c5ccc(-c6cn[nH]c6)nc45)[nH]c23)c1. The first-order chi connectivity index (χ1) is 15.7. The van der Waals surface area contributed by atoms with Gasteiger partial charge in [0.15, 0.2) is 17.2 Å². The molecule has 1 aromatic carbocycles. The normalized spacial score (nSPS) is 11.4. The van der Waals surface area contributed by atoms with Crippen LogP contribution in [-0.2, 0) is 0 Å². The number of hydrogen-bond donors (Lipinski definition) is 3. The number of H-pyrrole nitrogens is 3. The molecule has 156 valence electrons. The molecular weight excluding hydrogens is 411 g/mol. The zero-order valence-electron chi connectivity index (χ0n) is 16.7. The van der Waals surface area contributed by atoms with E-state index in [2.05, 4.69) is 35.3 Å². The highest BCUT2D eigenvalue weighted by molar-refractivity contribution is 5.95. The summed E-state index contributed by atoms with van der Waals surface area (Å²) in [5, 5.41) is 14.2. The summed E-state index contributed by atoms with van der Waals surface area (Å²) < 4.78 is 19.3. The standard InChI is InChI=1S/C22H15FN8O/c1-32-14-7-11(6-13(23)8-14)15-4-5-24-21-18(15)28-22(29-21)20-19-17(30-31-20)3-2-16(27-19)12-9-25-26-10-12/h2-10H,1H3,(H,25,26)(H,30,31)(H,24,28,29). The van der Waals surface area contributed by atoms with Crippen LogP contribution in [0.3, 0.4) is 0 Å². The van der Waals surface area contributed by atoms with E-state index in [0.29, 0.717) is 39.5 Å². The second-order valence-corrected chi connectivity index (χ2v) is 7.17. The second-order valence-electron chi connectivity index (χ2n) is 7.17. The molecular formula is C22H15FN8O. The fourth-order valence-electron chi connectivity index (χ4n) is 3.72. The van der Waals surface area contributed by atoms with Crippen LogP contribution in [0.4, 0.5) is 4.39 Å². The highest BCUT2D eigenvalue weighted by Gasteiger charge is 2.18. The van der Waals surface area contributed by atoms with E-state index < -0.39 is 5.82 Å². The average Bonchev–Trinajstić information content (AvgIpc) is 3.56. The minimum Gasteiger partial charge on any atom is -0.497 e. The Kier molecular flexibility index (Phi) is 3.97. The van der Waals surface area contributed by atoms with Gasteiger partial charge in [0.25, 0.3) is 0 Å². The third-order valence-corrected chi connectivity index (χ3v) is 5.24. The molecule has 0 aliphatic heterocycles. The van der Waals surface area contributed by atoms with Crippen LogP contribution in [0.25, 0.3) is 56.1 Å². The number of fused-ring (bicyclic) bond motifs is 2. The van der Waals surface area contributed by atoms with E-state index in [-0.39, 0.29) is 0 Å². The van der Waals surface area contributed by atoms with Crippen molar-refractivity contribution in [3.05, 3.63) is 60.8 Å². The molecule has 3 N–H and O–H groups in total. The molecule has 5 heterocycles. The molecule has 6 rings (SSSR count). The molecule has 5 aromatic heterocycles. The monoisotopic (exact) mass is 426 g/mol. The van der Waals surface area contributed by atoms with Crippen LogP contribution >= 0.6 is 0 Å². The van der Waals surface area contributed by atoms with Gasteiger partial charge in [-0.25, -0.2) is 19.3 Å². The van der Waals surface area contributed by atoms with Gasteiger partial charge in [-0.1, -0.05) is 0 Å². The molecule has 0 bridgehead atoms. The molecule has 9 nitrogen and oxygen atoms in total. The number of aromatic amines is 3. The van der Waals surface area contributed by atoms with E-state index in [1.807, 2.05) is 12.1 Å². The number of halogens is 1. The van der Waals surface area contributed by atoms with Gasteiger partial charge in [0.2, 0.25) is 0 Å². The zero-order valence-corrected chi connectivity index (χ0v) is 16.7. The molecule has 32 heavy (non-hydrogen) atoms. The largest absolute Gasteiger partial charge is 0.497 e. The molecule has 0 unspecified atom stereocenters. The van der Waals surface area contributed by atoms with Crippen molar-refractivity contribution in [2.45, 2.75) is 0 Å². The van der Waals surface area contributed by atoms with Crippen LogP contribution in [0.15, 0.2) is 55.0 Å². The maximum Gasteiger partial charge on any atom is 0.178 e. The van der Waals surface area contributed by atoms with Gasteiger partial charge < -0.3 is 9.72 Å². The van der Waals surface area contributed by atoms with Crippen LogP contribution in [-0.4, -0.2) is 47.4 Å². The van der Waals surface area contributed by atoms with E-state index in [4.69, 9.17) is 9.72 Å². The van der Waals surface area contributed by atoms with Gasteiger partial charge in [-0.15, -0.1) is 0 Å². The Morgan fingerprint density at radius 1 is 1.03 bits per heavy atom. The number of ether oxygens (including phenoxy) is 1. The summed E-state index contributed by atoms with van der Waals surface area (Å²) in [5.74, 6) is 0.545. The molecule has 0 saturated carbocycles. The Hall–Kier alpha value is -4.60. The molecule has 0 atom stereocenters. The Morgan fingerprint density at radius 3 is 2.81 bits per heavy atom. The molecule has 0 spiro atoms. The van der Waals surface area contributed by atoms with Gasteiger partial charge in [0, 0.05) is 29.6 Å². The number of pyridine rings is 2. The zero-order chi connectivity index (χ0) is 21.7. The predicted molar refractivity (Wildman–Crippen MR) is 116 cm³/mol. The number of imidazole rings is 1. The van der Waals surface area contributed by atoms with Gasteiger partial charge in [-0.2, -0.15) is 10.2 Å². The van der Waals surface area contributed by atoms with E-state index in [1.54, 1.807) is 30.7 Å². The Morgan fingerprint density at radius 2 is 1.97 bits per heavy atom. The van der Waals surface area contributed by atoms with Crippen LogP contribution in [0, 0.1) is 5.82 Å². The van der Waals surface area contributed by atoms with Crippen molar-refractivity contribution in [3.63, 3.8) is 0 Å².